The molecule has 0 aromatic carbocycles. The van der Waals surface area contributed by atoms with E-state index in [9.17, 15) is 9.59 Å². The number of carbonyl (C=O) groups is 6. The van der Waals surface area contributed by atoms with E-state index in [1.165, 1.54) is 13.3 Å². The van der Waals surface area contributed by atoms with Crippen molar-refractivity contribution in [2.45, 2.75) is 176 Å². The Hall–Kier alpha value is -3.71. The molecule has 1 saturated heterocycles. The predicted molar refractivity (Wildman–Crippen MR) is 221 cm³/mol. The summed E-state index contributed by atoms with van der Waals surface area (Å²) in [6, 6.07) is 0. The highest BCUT2D eigenvalue weighted by Gasteiger charge is 2.75. The van der Waals surface area contributed by atoms with Crippen molar-refractivity contribution in [3.8, 4) is 0 Å². The molecule has 61 heavy (non-hydrogen) atoms. The maximum atomic E-state index is 15.8. The molecule has 8 aliphatic rings. The van der Waals surface area contributed by atoms with E-state index in [-0.39, 0.29) is 48.7 Å². The molecule has 0 spiro atoms. The molecule has 7 unspecified atom stereocenters. The van der Waals surface area contributed by atoms with Gasteiger partial charge >= 0.3 is 35.9 Å². The second-order valence-corrected chi connectivity index (χ2v) is 21.4. The van der Waals surface area contributed by atoms with Crippen molar-refractivity contribution in [1.29, 1.82) is 0 Å². The predicted octanol–water partition coefficient (Wildman–Crippen LogP) is 7.62. The molecule has 0 aromatic rings. The van der Waals surface area contributed by atoms with Crippen molar-refractivity contribution in [3.63, 3.8) is 0 Å². The number of oxime groups is 1. The van der Waals surface area contributed by atoms with Crippen LogP contribution in [0.1, 0.15) is 153 Å². The first-order valence-electron chi connectivity index (χ1n) is 23.1. The Balaban J connectivity index is 1.27. The number of nitrogens with zero attached hydrogens (tertiary/aromatic N) is 1. The maximum absolute atomic E-state index is 15.8. The second kappa shape index (κ2) is 16.1. The standard InChI is InChI=1S/C47H70N2O12/c1-11-26(3)49-61-41(55)48-17-18-56-39(53)45(9,42(4,5)37(51)58-34-29-24-32-33(25-29)36(50)57-35(32)34)46(10,43(6,7)38(52)60-47(12-2)15-13-14-16-47)40(54)59-44(8)30-20-27-19-28(22-30)23-31(44)21-27/h27-35H,11-25H2,1-10H3,(H,48,55)/b49-26-. The molecule has 1 amide bonds. The van der Waals surface area contributed by atoms with Gasteiger partial charge in [-0.2, -0.15) is 0 Å². The molecule has 7 aliphatic carbocycles. The summed E-state index contributed by atoms with van der Waals surface area (Å²) in [5, 5.41) is 6.29. The van der Waals surface area contributed by atoms with Gasteiger partial charge in [0.1, 0.15) is 30.0 Å². The van der Waals surface area contributed by atoms with Crippen LogP contribution in [0.5, 0.6) is 0 Å². The van der Waals surface area contributed by atoms with Gasteiger partial charge in [0, 0.05) is 11.8 Å². The Morgan fingerprint density at radius 1 is 0.787 bits per heavy atom. The normalized spacial score (nSPS) is 35.1. The van der Waals surface area contributed by atoms with E-state index in [4.69, 9.17) is 28.5 Å². The summed E-state index contributed by atoms with van der Waals surface area (Å²) >= 11 is 0. The van der Waals surface area contributed by atoms with E-state index in [2.05, 4.69) is 10.5 Å². The summed E-state index contributed by atoms with van der Waals surface area (Å²) in [5.41, 5.74) is -8.97. The molecule has 0 aromatic heterocycles. The van der Waals surface area contributed by atoms with Crippen molar-refractivity contribution in [2.75, 3.05) is 13.2 Å². The highest BCUT2D eigenvalue weighted by atomic mass is 16.7. The molecule has 340 valence electrons. The number of amides is 1. The third-order valence-electron chi connectivity index (χ3n) is 17.9. The summed E-state index contributed by atoms with van der Waals surface area (Å²) in [4.78, 5) is 91.3. The summed E-state index contributed by atoms with van der Waals surface area (Å²) in [7, 11) is 0. The molecule has 14 heteroatoms. The zero-order chi connectivity index (χ0) is 44.5. The summed E-state index contributed by atoms with van der Waals surface area (Å²) in [6.45, 7) is 16.4. The van der Waals surface area contributed by atoms with Crippen molar-refractivity contribution >= 4 is 41.7 Å². The monoisotopic (exact) mass is 854 g/mol. The molecular weight excluding hydrogens is 785 g/mol. The lowest BCUT2D eigenvalue weighted by Gasteiger charge is -2.61. The Morgan fingerprint density at radius 3 is 1.97 bits per heavy atom. The van der Waals surface area contributed by atoms with Gasteiger partial charge in [-0.3, -0.25) is 28.8 Å². The van der Waals surface area contributed by atoms with Gasteiger partial charge in [-0.25, -0.2) is 4.79 Å². The molecule has 8 fully saturated rings. The SMILES string of the molecule is CC/C(C)=N\OC(=O)NCCOC(=O)C(C)(C(C)(C)C(=O)OC1C2CC3C(=O)OC1C3C2)C(C)(C(=O)OC1(C)C2CC3CC(C2)CC1C3)C(C)(C)C(=O)OC1(CC)CCCC1. The summed E-state index contributed by atoms with van der Waals surface area (Å²) in [6.07, 6.45) is 8.25. The fraction of sp³-hybridized carbons (Fsp3) is 0.851. The van der Waals surface area contributed by atoms with Gasteiger partial charge in [-0.05, 0) is 163 Å². The lowest BCUT2D eigenvalue weighted by Crippen LogP contribution is -2.69. The Kier molecular flexibility index (Phi) is 12.0. The number of nitrogens with one attached hydrogen (secondary N) is 1. The quantitative estimate of drug-likeness (QED) is 0.0401. The molecular formula is C47H70N2O12. The molecule has 1 N–H and O–H groups in total. The van der Waals surface area contributed by atoms with Crippen LogP contribution in [0.4, 0.5) is 4.79 Å². The zero-order valence-corrected chi connectivity index (χ0v) is 38.1. The zero-order valence-electron chi connectivity index (χ0n) is 38.1. The van der Waals surface area contributed by atoms with Crippen molar-refractivity contribution in [2.24, 2.45) is 68.2 Å². The fourth-order valence-corrected chi connectivity index (χ4v) is 13.0. The van der Waals surface area contributed by atoms with Gasteiger partial charge in [0.2, 0.25) is 0 Å². The molecule has 1 heterocycles. The van der Waals surface area contributed by atoms with Crippen LogP contribution in [0.2, 0.25) is 0 Å². The molecule has 14 nitrogen and oxygen atoms in total. The molecule has 8 rings (SSSR count). The number of hydrogen-bond donors (Lipinski definition) is 1. The Morgan fingerprint density at radius 2 is 1.38 bits per heavy atom. The van der Waals surface area contributed by atoms with Crippen LogP contribution >= 0.6 is 0 Å². The number of esters is 5. The minimum absolute atomic E-state index is 0.0531. The minimum atomic E-state index is -2.18. The minimum Gasteiger partial charge on any atom is -0.463 e. The van der Waals surface area contributed by atoms with Gasteiger partial charge in [0.15, 0.2) is 0 Å². The summed E-state index contributed by atoms with van der Waals surface area (Å²) < 4.78 is 31.5. The fourth-order valence-electron chi connectivity index (χ4n) is 13.0. The number of carbonyl (C=O) groups excluding carboxylic acids is 6. The lowest BCUT2D eigenvalue weighted by atomic mass is 9.45. The van der Waals surface area contributed by atoms with Crippen LogP contribution in [0.25, 0.3) is 0 Å². The first-order valence-corrected chi connectivity index (χ1v) is 23.1. The largest absolute Gasteiger partial charge is 0.463 e. The third kappa shape index (κ3) is 7.25. The van der Waals surface area contributed by atoms with Crippen LogP contribution in [-0.4, -0.2) is 78.2 Å². The third-order valence-corrected chi connectivity index (χ3v) is 17.9. The van der Waals surface area contributed by atoms with Crippen molar-refractivity contribution < 1.29 is 57.3 Å². The smallest absolute Gasteiger partial charge is 0.433 e. The first-order chi connectivity index (χ1) is 28.6. The van der Waals surface area contributed by atoms with Crippen LogP contribution in [0.15, 0.2) is 5.16 Å². The highest BCUT2D eigenvalue weighted by molar-refractivity contribution is 5.98. The van der Waals surface area contributed by atoms with Crippen molar-refractivity contribution in [3.05, 3.63) is 0 Å². The number of fused-ring (bicyclic) bond motifs is 1. The van der Waals surface area contributed by atoms with E-state index in [0.717, 1.165) is 38.5 Å². The molecule has 0 radical (unpaired) electrons. The van der Waals surface area contributed by atoms with Gasteiger partial charge in [0.05, 0.1) is 39.8 Å². The lowest BCUT2D eigenvalue weighted by molar-refractivity contribution is -0.242. The number of hydrogen-bond acceptors (Lipinski definition) is 13. The van der Waals surface area contributed by atoms with E-state index >= 15 is 19.2 Å². The average molecular weight is 855 g/mol. The second-order valence-electron chi connectivity index (χ2n) is 21.4. The van der Waals surface area contributed by atoms with Gasteiger partial charge in [0.25, 0.3) is 0 Å². The molecule has 7 atom stereocenters. The molecule has 1 aliphatic heterocycles. The maximum Gasteiger partial charge on any atom is 0.433 e. The first kappa shape index (κ1) is 45.3. The van der Waals surface area contributed by atoms with E-state index < -0.39 is 75.0 Å². The Labute approximate surface area is 361 Å². The number of ether oxygens (including phenoxy) is 5. The van der Waals surface area contributed by atoms with Crippen LogP contribution in [0.3, 0.4) is 0 Å². The van der Waals surface area contributed by atoms with Crippen LogP contribution in [0, 0.1) is 63.1 Å². The van der Waals surface area contributed by atoms with Crippen LogP contribution in [-0.2, 0) is 52.5 Å². The highest BCUT2D eigenvalue weighted by Crippen LogP contribution is 2.65. The van der Waals surface area contributed by atoms with Gasteiger partial charge in [-0.15, -0.1) is 0 Å². The Bertz CT molecular complexity index is 1790. The number of rotatable bonds is 16. The van der Waals surface area contributed by atoms with Crippen molar-refractivity contribution in [1.82, 2.24) is 5.32 Å². The summed E-state index contributed by atoms with van der Waals surface area (Å²) in [5.74, 6) is -2.53. The van der Waals surface area contributed by atoms with E-state index in [0.29, 0.717) is 56.1 Å². The average Bonchev–Trinajstić information content (AvgIpc) is 3.99. The molecule has 6 bridgehead atoms. The van der Waals surface area contributed by atoms with E-state index in [1.54, 1.807) is 41.5 Å². The van der Waals surface area contributed by atoms with Gasteiger partial charge < -0.3 is 29.0 Å². The molecule has 7 saturated carbocycles. The van der Waals surface area contributed by atoms with Crippen LogP contribution < -0.4 is 5.32 Å². The van der Waals surface area contributed by atoms with E-state index in [1.807, 2.05) is 20.8 Å². The topological polar surface area (TPSA) is 182 Å². The van der Waals surface area contributed by atoms with Gasteiger partial charge in [-0.1, -0.05) is 19.0 Å².